The van der Waals surface area contributed by atoms with E-state index in [2.05, 4.69) is 88.4 Å². The first-order chi connectivity index (χ1) is 10.9. The molecule has 3 heteroatoms. The van der Waals surface area contributed by atoms with Gasteiger partial charge in [-0.15, -0.1) is 11.6 Å². The van der Waals surface area contributed by atoms with Crippen LogP contribution in [0.25, 0.3) is 0 Å². The van der Waals surface area contributed by atoms with Gasteiger partial charge >= 0.3 is 0 Å². The van der Waals surface area contributed by atoms with Crippen LogP contribution in [0.5, 0.6) is 0 Å². The van der Waals surface area contributed by atoms with Crippen LogP contribution < -0.4 is 10.4 Å². The second-order valence-electron chi connectivity index (χ2n) is 7.23. The van der Waals surface area contributed by atoms with Crippen molar-refractivity contribution in [1.29, 1.82) is 0 Å². The maximum atomic E-state index is 6.77. The first-order valence-corrected chi connectivity index (χ1v) is 10.7. The van der Waals surface area contributed by atoms with Gasteiger partial charge in [-0.05, 0) is 21.3 Å². The Hall–Kier alpha value is -1.09. The Kier molecular flexibility index (Phi) is 6.07. The molecule has 0 aliphatic carbocycles. The minimum Gasteiger partial charge on any atom is -0.407 e. The summed E-state index contributed by atoms with van der Waals surface area (Å²) in [6, 6.07) is 21.5. The minimum atomic E-state index is -2.39. The van der Waals surface area contributed by atoms with Gasteiger partial charge in [0.1, 0.15) is 0 Å². The zero-order chi connectivity index (χ0) is 16.9. The minimum absolute atomic E-state index is 0.0295. The average Bonchev–Trinajstić information content (AvgIpc) is 2.56. The zero-order valence-corrected chi connectivity index (χ0v) is 16.3. The summed E-state index contributed by atoms with van der Waals surface area (Å²) in [6.45, 7) is 9.72. The molecule has 2 aromatic rings. The highest BCUT2D eigenvalue weighted by Crippen LogP contribution is 2.36. The average molecular weight is 347 g/mol. The molecule has 0 fully saturated rings. The molecular weight excluding hydrogens is 320 g/mol. The van der Waals surface area contributed by atoms with Gasteiger partial charge < -0.3 is 4.43 Å². The molecule has 0 radical (unpaired) electrons. The smallest absolute Gasteiger partial charge is 0.261 e. The predicted octanol–water partition coefficient (Wildman–Crippen LogP) is 4.44. The van der Waals surface area contributed by atoms with Crippen molar-refractivity contribution in [1.82, 2.24) is 0 Å². The highest BCUT2D eigenvalue weighted by atomic mass is 35.5. The molecule has 0 aromatic heterocycles. The SMILES string of the molecule is CC(CCl)CO[Si](c1ccccc1)(c1ccccc1)C(C)(C)C. The van der Waals surface area contributed by atoms with Crippen molar-refractivity contribution in [3.05, 3.63) is 60.7 Å². The third kappa shape index (κ3) is 3.88. The molecule has 23 heavy (non-hydrogen) atoms. The van der Waals surface area contributed by atoms with Crippen LogP contribution in [0.1, 0.15) is 27.7 Å². The Morgan fingerprint density at radius 2 is 1.35 bits per heavy atom. The standard InChI is InChI=1S/C20H27ClOSi/c1-17(15-21)16-22-23(20(2,3)4,18-11-7-5-8-12-18)19-13-9-6-10-14-19/h5-14,17H,15-16H2,1-4H3. The van der Waals surface area contributed by atoms with E-state index in [1.54, 1.807) is 0 Å². The van der Waals surface area contributed by atoms with Crippen molar-refractivity contribution < 1.29 is 4.43 Å². The monoisotopic (exact) mass is 346 g/mol. The van der Waals surface area contributed by atoms with Gasteiger partial charge in [0.15, 0.2) is 0 Å². The molecule has 0 spiro atoms. The number of hydrogen-bond acceptors (Lipinski definition) is 1. The molecule has 0 aliphatic heterocycles. The second kappa shape index (κ2) is 7.65. The molecule has 1 nitrogen and oxygen atoms in total. The molecule has 124 valence electrons. The van der Waals surface area contributed by atoms with E-state index in [1.807, 2.05) is 0 Å². The summed E-state index contributed by atoms with van der Waals surface area (Å²) in [7, 11) is -2.39. The van der Waals surface area contributed by atoms with Gasteiger partial charge in [0.2, 0.25) is 0 Å². The van der Waals surface area contributed by atoms with E-state index in [4.69, 9.17) is 16.0 Å². The molecule has 0 saturated heterocycles. The number of benzene rings is 2. The molecule has 1 unspecified atom stereocenters. The van der Waals surface area contributed by atoms with Crippen LogP contribution >= 0.6 is 11.6 Å². The van der Waals surface area contributed by atoms with E-state index in [1.165, 1.54) is 10.4 Å². The van der Waals surface area contributed by atoms with Crippen molar-refractivity contribution in [3.8, 4) is 0 Å². The highest BCUT2D eigenvalue weighted by molar-refractivity contribution is 6.99. The molecule has 0 N–H and O–H groups in total. The summed E-state index contributed by atoms with van der Waals surface area (Å²) in [5.41, 5.74) is 0. The van der Waals surface area contributed by atoms with Crippen molar-refractivity contribution in [2.45, 2.75) is 32.7 Å². The van der Waals surface area contributed by atoms with Crippen LogP contribution in [-0.2, 0) is 4.43 Å². The lowest BCUT2D eigenvalue weighted by Gasteiger charge is -2.43. The summed E-state index contributed by atoms with van der Waals surface area (Å²) >= 11 is 6.02. The van der Waals surface area contributed by atoms with Gasteiger partial charge in [0.05, 0.1) is 0 Å². The van der Waals surface area contributed by atoms with Gasteiger partial charge in [-0.25, -0.2) is 0 Å². The molecule has 0 heterocycles. The number of halogens is 1. The summed E-state index contributed by atoms with van der Waals surface area (Å²) in [6.07, 6.45) is 0. The maximum absolute atomic E-state index is 6.77. The van der Waals surface area contributed by atoms with Crippen LogP contribution in [0.15, 0.2) is 60.7 Å². The third-order valence-electron chi connectivity index (χ3n) is 4.26. The summed E-state index contributed by atoms with van der Waals surface area (Å²) in [4.78, 5) is 0. The second-order valence-corrected chi connectivity index (χ2v) is 11.8. The fourth-order valence-corrected chi connectivity index (χ4v) is 7.85. The molecule has 2 rings (SSSR count). The Labute approximate surface area is 146 Å². The van der Waals surface area contributed by atoms with E-state index < -0.39 is 8.32 Å². The van der Waals surface area contributed by atoms with Crippen molar-refractivity contribution in [3.63, 3.8) is 0 Å². The molecular formula is C20H27ClOSi. The van der Waals surface area contributed by atoms with Gasteiger partial charge in [-0.2, -0.15) is 0 Å². The van der Waals surface area contributed by atoms with Gasteiger partial charge in [-0.1, -0.05) is 88.4 Å². The molecule has 0 aliphatic rings. The quantitative estimate of drug-likeness (QED) is 0.555. The van der Waals surface area contributed by atoms with E-state index in [0.29, 0.717) is 18.4 Å². The van der Waals surface area contributed by atoms with Crippen LogP contribution in [0.3, 0.4) is 0 Å². The fourth-order valence-electron chi connectivity index (χ4n) is 3.07. The topological polar surface area (TPSA) is 9.23 Å². The summed E-state index contributed by atoms with van der Waals surface area (Å²) in [5.74, 6) is 0.969. The lowest BCUT2D eigenvalue weighted by atomic mass is 10.2. The van der Waals surface area contributed by atoms with E-state index in [0.717, 1.165) is 0 Å². The maximum Gasteiger partial charge on any atom is 0.261 e. The first kappa shape index (κ1) is 18.2. The van der Waals surface area contributed by atoms with Crippen LogP contribution in [0.4, 0.5) is 0 Å². The molecule has 1 atom stereocenters. The Morgan fingerprint density at radius 3 is 1.70 bits per heavy atom. The largest absolute Gasteiger partial charge is 0.407 e. The molecule has 0 bridgehead atoms. The third-order valence-corrected chi connectivity index (χ3v) is 9.80. The summed E-state index contributed by atoms with van der Waals surface area (Å²) in [5, 5.41) is 2.67. The first-order valence-electron chi connectivity index (χ1n) is 8.23. The number of hydrogen-bond donors (Lipinski definition) is 0. The Balaban J connectivity index is 2.60. The number of alkyl halides is 1. The van der Waals surface area contributed by atoms with E-state index in [9.17, 15) is 0 Å². The normalized spacial score (nSPS) is 13.8. The van der Waals surface area contributed by atoms with Crippen molar-refractivity contribution in [2.75, 3.05) is 12.5 Å². The van der Waals surface area contributed by atoms with E-state index in [-0.39, 0.29) is 5.04 Å². The molecule has 0 amide bonds. The fraction of sp³-hybridized carbons (Fsp3) is 0.400. The van der Waals surface area contributed by atoms with Crippen LogP contribution in [0, 0.1) is 5.92 Å². The van der Waals surface area contributed by atoms with Gasteiger partial charge in [-0.3, -0.25) is 0 Å². The Morgan fingerprint density at radius 1 is 0.913 bits per heavy atom. The lowest BCUT2D eigenvalue weighted by molar-refractivity contribution is 0.256. The zero-order valence-electron chi connectivity index (χ0n) is 14.6. The van der Waals surface area contributed by atoms with Gasteiger partial charge in [0.25, 0.3) is 8.32 Å². The summed E-state index contributed by atoms with van der Waals surface area (Å²) < 4.78 is 6.77. The lowest BCUT2D eigenvalue weighted by Crippen LogP contribution is -2.66. The van der Waals surface area contributed by atoms with Crippen molar-refractivity contribution in [2.24, 2.45) is 5.92 Å². The van der Waals surface area contributed by atoms with E-state index >= 15 is 0 Å². The molecule has 2 aromatic carbocycles. The number of rotatable bonds is 6. The van der Waals surface area contributed by atoms with Crippen molar-refractivity contribution >= 4 is 30.3 Å². The predicted molar refractivity (Wildman–Crippen MR) is 103 cm³/mol. The Bertz CT molecular complexity index is 553. The van der Waals surface area contributed by atoms with Crippen LogP contribution in [-0.4, -0.2) is 20.8 Å². The highest BCUT2D eigenvalue weighted by Gasteiger charge is 2.50. The van der Waals surface area contributed by atoms with Gasteiger partial charge in [0, 0.05) is 12.5 Å². The molecule has 0 saturated carbocycles. The van der Waals surface area contributed by atoms with Crippen LogP contribution in [0.2, 0.25) is 5.04 Å².